The summed E-state index contributed by atoms with van der Waals surface area (Å²) >= 11 is 1.53. The number of hydrogen-bond donors (Lipinski definition) is 0. The fourth-order valence-corrected chi connectivity index (χ4v) is 3.88. The molecular formula is C19H27F3N2OS. The standard InChI is InChI=1S/C19H27F3N2OS/c1-23(18(25)14-26-2)12-16-6-4-9-24(13-16)10-8-15-5-3-7-17(11-15)19(20,21)22/h3,5,7,11,16H,4,6,8-10,12-14H2,1-2H3. The molecule has 1 saturated heterocycles. The summed E-state index contributed by atoms with van der Waals surface area (Å²) in [6.45, 7) is 3.37. The maximum absolute atomic E-state index is 12.8. The molecule has 1 fully saturated rings. The van der Waals surface area contributed by atoms with Gasteiger partial charge in [0.2, 0.25) is 5.91 Å². The highest BCUT2D eigenvalue weighted by Crippen LogP contribution is 2.29. The normalized spacial score (nSPS) is 18.7. The molecule has 1 amide bonds. The van der Waals surface area contributed by atoms with Crippen LogP contribution in [0.5, 0.6) is 0 Å². The minimum atomic E-state index is -4.29. The maximum atomic E-state index is 12.8. The zero-order valence-corrected chi connectivity index (χ0v) is 16.2. The van der Waals surface area contributed by atoms with Crippen molar-refractivity contribution >= 4 is 17.7 Å². The number of likely N-dealkylation sites (tertiary alicyclic amines) is 1. The van der Waals surface area contributed by atoms with Crippen LogP contribution in [0.25, 0.3) is 0 Å². The molecule has 1 atom stereocenters. The highest BCUT2D eigenvalue weighted by atomic mass is 32.2. The van der Waals surface area contributed by atoms with E-state index in [1.54, 1.807) is 11.0 Å². The van der Waals surface area contributed by atoms with Gasteiger partial charge in [-0.1, -0.05) is 18.2 Å². The zero-order valence-electron chi connectivity index (χ0n) is 15.4. The summed E-state index contributed by atoms with van der Waals surface area (Å²) in [5.74, 6) is 1.09. The highest BCUT2D eigenvalue weighted by Gasteiger charge is 2.30. The van der Waals surface area contributed by atoms with E-state index in [-0.39, 0.29) is 5.91 Å². The molecule has 0 aromatic heterocycles. The topological polar surface area (TPSA) is 23.6 Å². The quantitative estimate of drug-likeness (QED) is 0.710. The minimum absolute atomic E-state index is 0.151. The molecular weight excluding hydrogens is 361 g/mol. The van der Waals surface area contributed by atoms with E-state index in [4.69, 9.17) is 0 Å². The van der Waals surface area contributed by atoms with Crippen LogP contribution in [-0.4, -0.2) is 60.9 Å². The Morgan fingerprint density at radius 3 is 2.85 bits per heavy atom. The SMILES string of the molecule is CSCC(=O)N(C)CC1CCCN(CCc2cccc(C(F)(F)F)c2)C1. The lowest BCUT2D eigenvalue weighted by Gasteiger charge is -2.34. The van der Waals surface area contributed by atoms with Crippen molar-refractivity contribution in [1.82, 2.24) is 9.80 Å². The van der Waals surface area contributed by atoms with Gasteiger partial charge in [0.1, 0.15) is 0 Å². The first-order valence-corrected chi connectivity index (χ1v) is 10.3. The largest absolute Gasteiger partial charge is 0.416 e. The number of hydrogen-bond acceptors (Lipinski definition) is 3. The Morgan fingerprint density at radius 1 is 1.38 bits per heavy atom. The molecule has 0 aliphatic carbocycles. The molecule has 1 aromatic rings. The Hall–Kier alpha value is -1.21. The van der Waals surface area contributed by atoms with Gasteiger partial charge in [0, 0.05) is 26.7 Å². The van der Waals surface area contributed by atoms with Crippen molar-refractivity contribution in [1.29, 1.82) is 0 Å². The highest BCUT2D eigenvalue weighted by molar-refractivity contribution is 7.99. The van der Waals surface area contributed by atoms with Crippen molar-refractivity contribution in [2.45, 2.75) is 25.4 Å². The van der Waals surface area contributed by atoms with Gasteiger partial charge in [-0.05, 0) is 49.6 Å². The van der Waals surface area contributed by atoms with Crippen LogP contribution < -0.4 is 0 Å². The van der Waals surface area contributed by atoms with E-state index in [9.17, 15) is 18.0 Å². The van der Waals surface area contributed by atoms with Crippen LogP contribution in [0.2, 0.25) is 0 Å². The van der Waals surface area contributed by atoms with Crippen molar-refractivity contribution in [3.8, 4) is 0 Å². The van der Waals surface area contributed by atoms with Crippen LogP contribution in [0.1, 0.15) is 24.0 Å². The van der Waals surface area contributed by atoms with E-state index in [1.165, 1.54) is 23.9 Å². The molecule has 1 aliphatic heterocycles. The lowest BCUT2D eigenvalue weighted by Crippen LogP contribution is -2.42. The molecule has 0 radical (unpaired) electrons. The Kier molecular flexibility index (Phi) is 7.83. The molecule has 3 nitrogen and oxygen atoms in total. The number of nitrogens with zero attached hydrogens (tertiary/aromatic N) is 2. The van der Waals surface area contributed by atoms with Gasteiger partial charge in [0.05, 0.1) is 11.3 Å². The number of rotatable bonds is 7. The zero-order chi connectivity index (χ0) is 19.2. The smallest absolute Gasteiger partial charge is 0.345 e. The van der Waals surface area contributed by atoms with Gasteiger partial charge in [-0.15, -0.1) is 0 Å². The molecule has 2 rings (SSSR count). The van der Waals surface area contributed by atoms with Crippen LogP contribution in [0.15, 0.2) is 24.3 Å². The van der Waals surface area contributed by atoms with Crippen LogP contribution in [0, 0.1) is 5.92 Å². The molecule has 1 aromatic carbocycles. The summed E-state index contributed by atoms with van der Waals surface area (Å²) in [6.07, 6.45) is 0.397. The molecule has 0 saturated carbocycles. The Bertz CT molecular complexity index is 594. The van der Waals surface area contributed by atoms with Crippen LogP contribution in [0.4, 0.5) is 13.2 Å². The lowest BCUT2D eigenvalue weighted by molar-refractivity contribution is -0.137. The fourth-order valence-electron chi connectivity index (χ4n) is 3.42. The number of amides is 1. The van der Waals surface area contributed by atoms with Crippen molar-refractivity contribution in [3.63, 3.8) is 0 Å². The summed E-state index contributed by atoms with van der Waals surface area (Å²) in [7, 11) is 1.85. The van der Waals surface area contributed by atoms with E-state index < -0.39 is 11.7 Å². The van der Waals surface area contributed by atoms with E-state index in [1.807, 2.05) is 13.3 Å². The second-order valence-corrected chi connectivity index (χ2v) is 7.83. The van der Waals surface area contributed by atoms with Gasteiger partial charge in [-0.3, -0.25) is 4.79 Å². The van der Waals surface area contributed by atoms with Crippen molar-refractivity contribution in [3.05, 3.63) is 35.4 Å². The first-order valence-electron chi connectivity index (χ1n) is 8.91. The van der Waals surface area contributed by atoms with E-state index in [2.05, 4.69) is 4.90 Å². The fraction of sp³-hybridized carbons (Fsp3) is 0.632. The van der Waals surface area contributed by atoms with E-state index in [0.717, 1.165) is 45.1 Å². The number of halogens is 3. The predicted molar refractivity (Wildman–Crippen MR) is 100 cm³/mol. The second kappa shape index (κ2) is 9.65. The first kappa shape index (κ1) is 21.1. The molecule has 7 heteroatoms. The summed E-state index contributed by atoms with van der Waals surface area (Å²) < 4.78 is 38.4. The van der Waals surface area contributed by atoms with Crippen molar-refractivity contribution in [2.24, 2.45) is 5.92 Å². The summed E-state index contributed by atoms with van der Waals surface area (Å²) in [6, 6.07) is 5.59. The van der Waals surface area contributed by atoms with Gasteiger partial charge in [-0.2, -0.15) is 24.9 Å². The average Bonchev–Trinajstić information content (AvgIpc) is 2.60. The van der Waals surface area contributed by atoms with E-state index >= 15 is 0 Å². The Balaban J connectivity index is 1.84. The first-order chi connectivity index (χ1) is 12.3. The number of alkyl halides is 3. The molecule has 1 aliphatic rings. The second-order valence-electron chi connectivity index (χ2n) is 6.96. The monoisotopic (exact) mass is 388 g/mol. The third-order valence-electron chi connectivity index (χ3n) is 4.80. The van der Waals surface area contributed by atoms with Gasteiger partial charge in [-0.25, -0.2) is 0 Å². The number of thioether (sulfide) groups is 1. The molecule has 0 spiro atoms. The Morgan fingerprint density at radius 2 is 2.15 bits per heavy atom. The maximum Gasteiger partial charge on any atom is 0.416 e. The Labute approximate surface area is 157 Å². The predicted octanol–water partition coefficient (Wildman–Crippen LogP) is 3.78. The third-order valence-corrected chi connectivity index (χ3v) is 5.34. The van der Waals surface area contributed by atoms with Crippen LogP contribution in [-0.2, 0) is 17.4 Å². The number of benzene rings is 1. The van der Waals surface area contributed by atoms with Gasteiger partial charge in [0.25, 0.3) is 0 Å². The third kappa shape index (κ3) is 6.50. The molecule has 1 unspecified atom stereocenters. The lowest BCUT2D eigenvalue weighted by atomic mass is 9.97. The summed E-state index contributed by atoms with van der Waals surface area (Å²) in [4.78, 5) is 16.0. The van der Waals surface area contributed by atoms with Crippen LogP contribution >= 0.6 is 11.8 Å². The summed E-state index contributed by atoms with van der Waals surface area (Å²) in [5.41, 5.74) is 0.134. The molecule has 26 heavy (non-hydrogen) atoms. The van der Waals surface area contributed by atoms with Gasteiger partial charge < -0.3 is 9.80 Å². The van der Waals surface area contributed by atoms with Crippen LogP contribution in [0.3, 0.4) is 0 Å². The molecule has 0 bridgehead atoms. The number of piperidine rings is 1. The molecule has 146 valence electrons. The van der Waals surface area contributed by atoms with Gasteiger partial charge >= 0.3 is 6.18 Å². The van der Waals surface area contributed by atoms with E-state index in [0.29, 0.717) is 23.7 Å². The molecule has 1 heterocycles. The number of carbonyl (C=O) groups excluding carboxylic acids is 1. The van der Waals surface area contributed by atoms with Crippen molar-refractivity contribution in [2.75, 3.05) is 45.2 Å². The van der Waals surface area contributed by atoms with Crippen molar-refractivity contribution < 1.29 is 18.0 Å². The van der Waals surface area contributed by atoms with Gasteiger partial charge in [0.15, 0.2) is 0 Å². The average molecular weight is 388 g/mol. The summed E-state index contributed by atoms with van der Waals surface area (Å²) in [5, 5.41) is 0. The number of carbonyl (C=O) groups is 1. The molecule has 0 N–H and O–H groups in total. The minimum Gasteiger partial charge on any atom is -0.345 e.